The maximum absolute atomic E-state index is 13.0. The van der Waals surface area contributed by atoms with Gasteiger partial charge >= 0.3 is 0 Å². The zero-order valence-corrected chi connectivity index (χ0v) is 49.8. The predicted molar refractivity (Wildman–Crippen MR) is 323 cm³/mol. The molecule has 0 spiro atoms. The van der Waals surface area contributed by atoms with Gasteiger partial charge in [0.2, 0.25) is 5.91 Å². The Labute approximate surface area is 469 Å². The number of nitrogens with one attached hydrogen (secondary N) is 1. The van der Waals surface area contributed by atoms with Crippen LogP contribution < -0.4 is 5.32 Å². The summed E-state index contributed by atoms with van der Waals surface area (Å²) in [6.45, 7) is 3.72. The molecule has 0 saturated carbocycles. The monoisotopic (exact) mass is 1070 g/mol. The minimum Gasteiger partial charge on any atom is -0.394 e. The van der Waals surface area contributed by atoms with E-state index in [4.69, 9.17) is 9.47 Å². The number of hydrogen-bond donors (Lipinski definition) is 6. The van der Waals surface area contributed by atoms with E-state index < -0.39 is 49.5 Å². The molecule has 1 amide bonds. The van der Waals surface area contributed by atoms with Crippen LogP contribution in [0.15, 0.2) is 48.6 Å². The molecule has 1 rings (SSSR count). The highest BCUT2D eigenvalue weighted by Crippen LogP contribution is 2.23. The third kappa shape index (κ3) is 44.9. The summed E-state index contributed by atoms with van der Waals surface area (Å²) >= 11 is 0. The van der Waals surface area contributed by atoms with Crippen molar-refractivity contribution in [1.29, 1.82) is 0 Å². The zero-order chi connectivity index (χ0) is 55.0. The molecule has 7 unspecified atom stereocenters. The van der Waals surface area contributed by atoms with E-state index in [9.17, 15) is 30.3 Å². The fraction of sp³-hybridized carbons (Fsp3) is 0.866. The Morgan fingerprint density at radius 3 is 1.14 bits per heavy atom. The van der Waals surface area contributed by atoms with Gasteiger partial charge in [0.25, 0.3) is 0 Å². The van der Waals surface area contributed by atoms with Gasteiger partial charge in [0.05, 0.1) is 25.4 Å². The first-order valence-corrected chi connectivity index (χ1v) is 32.9. The van der Waals surface area contributed by atoms with Crippen molar-refractivity contribution in [3.63, 3.8) is 0 Å². The summed E-state index contributed by atoms with van der Waals surface area (Å²) < 4.78 is 11.2. The van der Waals surface area contributed by atoms with Crippen LogP contribution in [0.5, 0.6) is 0 Å². The Kier molecular flexibility index (Phi) is 53.6. The number of carbonyl (C=O) groups is 1. The Morgan fingerprint density at radius 1 is 0.434 bits per heavy atom. The first kappa shape index (κ1) is 72.2. The number of allylic oxidation sites excluding steroid dienone is 7. The smallest absolute Gasteiger partial charge is 0.220 e. The summed E-state index contributed by atoms with van der Waals surface area (Å²) in [5, 5.41) is 54.4. The third-order valence-electron chi connectivity index (χ3n) is 15.6. The lowest BCUT2D eigenvalue weighted by Gasteiger charge is -2.40. The quantitative estimate of drug-likeness (QED) is 0.0261. The van der Waals surface area contributed by atoms with Crippen molar-refractivity contribution >= 4 is 5.91 Å². The van der Waals surface area contributed by atoms with Crippen LogP contribution in [0.4, 0.5) is 0 Å². The highest BCUT2D eigenvalue weighted by atomic mass is 16.7. The van der Waals surface area contributed by atoms with Gasteiger partial charge in [-0.3, -0.25) is 4.79 Å². The predicted octanol–water partition coefficient (Wildman–Crippen LogP) is 17.2. The molecule has 7 atom stereocenters. The summed E-state index contributed by atoms with van der Waals surface area (Å²) in [6, 6.07) is -0.826. The van der Waals surface area contributed by atoms with Crippen molar-refractivity contribution in [3.8, 4) is 0 Å². The van der Waals surface area contributed by atoms with E-state index in [2.05, 4.69) is 55.6 Å². The van der Waals surface area contributed by atoms with Gasteiger partial charge in [0.15, 0.2) is 6.29 Å². The van der Waals surface area contributed by atoms with Crippen LogP contribution in [0.3, 0.4) is 0 Å². The van der Waals surface area contributed by atoms with E-state index in [1.165, 1.54) is 244 Å². The molecule has 0 bridgehead atoms. The first-order valence-electron chi connectivity index (χ1n) is 32.9. The van der Waals surface area contributed by atoms with Gasteiger partial charge in [-0.15, -0.1) is 0 Å². The van der Waals surface area contributed by atoms with Gasteiger partial charge in [0, 0.05) is 6.42 Å². The maximum Gasteiger partial charge on any atom is 0.220 e. The summed E-state index contributed by atoms with van der Waals surface area (Å²) in [5.74, 6) is -0.188. The maximum atomic E-state index is 13.0. The van der Waals surface area contributed by atoms with Crippen molar-refractivity contribution in [2.24, 2.45) is 0 Å². The highest BCUT2D eigenvalue weighted by molar-refractivity contribution is 5.76. The van der Waals surface area contributed by atoms with Gasteiger partial charge in [-0.25, -0.2) is 0 Å². The molecular weight excluding hydrogens is 947 g/mol. The minimum atomic E-state index is -1.57. The van der Waals surface area contributed by atoms with Gasteiger partial charge < -0.3 is 40.3 Å². The Hall–Kier alpha value is -1.85. The lowest BCUT2D eigenvalue weighted by atomic mass is 9.99. The number of rotatable bonds is 57. The normalized spacial score (nSPS) is 19.1. The summed E-state index contributed by atoms with van der Waals surface area (Å²) in [4.78, 5) is 13.0. The molecule has 0 aromatic rings. The first-order chi connectivity index (χ1) is 37.3. The van der Waals surface area contributed by atoms with E-state index in [1.807, 2.05) is 6.08 Å². The lowest BCUT2D eigenvalue weighted by Crippen LogP contribution is -2.60. The number of aliphatic hydroxyl groups excluding tert-OH is 5. The molecule has 0 radical (unpaired) electrons. The van der Waals surface area contributed by atoms with E-state index in [1.54, 1.807) is 6.08 Å². The van der Waals surface area contributed by atoms with Crippen LogP contribution in [-0.2, 0) is 14.3 Å². The molecule has 1 heterocycles. The molecule has 446 valence electrons. The fourth-order valence-corrected chi connectivity index (χ4v) is 10.4. The molecule has 0 aromatic carbocycles. The lowest BCUT2D eigenvalue weighted by molar-refractivity contribution is -0.302. The average Bonchev–Trinajstić information content (AvgIpc) is 3.42. The molecule has 9 nitrogen and oxygen atoms in total. The number of hydrogen-bond acceptors (Lipinski definition) is 8. The van der Waals surface area contributed by atoms with E-state index in [0.717, 1.165) is 51.4 Å². The minimum absolute atomic E-state index is 0.188. The van der Waals surface area contributed by atoms with E-state index in [-0.39, 0.29) is 12.5 Å². The van der Waals surface area contributed by atoms with Crippen molar-refractivity contribution in [2.75, 3.05) is 13.2 Å². The van der Waals surface area contributed by atoms with Crippen molar-refractivity contribution in [2.45, 2.75) is 358 Å². The van der Waals surface area contributed by atoms with Gasteiger partial charge in [0.1, 0.15) is 24.4 Å². The van der Waals surface area contributed by atoms with Gasteiger partial charge in [-0.05, 0) is 64.2 Å². The molecule has 1 saturated heterocycles. The largest absolute Gasteiger partial charge is 0.394 e. The second kappa shape index (κ2) is 56.4. The van der Waals surface area contributed by atoms with Crippen LogP contribution >= 0.6 is 0 Å². The standard InChI is InChI=1S/C67H125NO8/c1-3-5-7-9-11-13-15-17-18-19-20-21-22-23-24-25-26-27-28-29-30-31-32-33-34-35-36-37-38-39-40-41-42-43-44-45-47-49-51-53-55-57-63(71)68-60(59-75-67-66(74)65(73)64(72)62(58-69)76-67)61(70)56-54-52-50-48-46-16-14-12-10-8-6-4-2/h10,12,19-20,46,48,54,56,60-62,64-67,69-70,72-74H,3-9,11,13-18,21-45,47,49-53,55,57-59H2,1-2H3,(H,68,71)/b12-10+,20-19-,48-46+,56-54+. The van der Waals surface area contributed by atoms with E-state index >= 15 is 0 Å². The number of aliphatic hydroxyl groups is 5. The number of amides is 1. The molecule has 1 aliphatic rings. The van der Waals surface area contributed by atoms with Crippen molar-refractivity contribution in [1.82, 2.24) is 5.32 Å². The fourth-order valence-electron chi connectivity index (χ4n) is 10.4. The second-order valence-corrected chi connectivity index (χ2v) is 22.9. The Morgan fingerprint density at radius 2 is 0.763 bits per heavy atom. The zero-order valence-electron chi connectivity index (χ0n) is 49.8. The molecule has 76 heavy (non-hydrogen) atoms. The highest BCUT2D eigenvalue weighted by Gasteiger charge is 2.44. The van der Waals surface area contributed by atoms with Crippen molar-refractivity contribution in [3.05, 3.63) is 48.6 Å². The average molecular weight is 1070 g/mol. The van der Waals surface area contributed by atoms with Crippen LogP contribution in [0.25, 0.3) is 0 Å². The Balaban J connectivity index is 1.99. The summed E-state index contributed by atoms with van der Waals surface area (Å²) in [6.07, 6.45) is 69.7. The molecule has 1 aliphatic heterocycles. The molecule has 0 aliphatic carbocycles. The van der Waals surface area contributed by atoms with Gasteiger partial charge in [-0.1, -0.05) is 294 Å². The molecule has 9 heteroatoms. The number of unbranched alkanes of at least 4 members (excludes halogenated alkanes) is 41. The topological polar surface area (TPSA) is 149 Å². The van der Waals surface area contributed by atoms with Crippen molar-refractivity contribution < 1.29 is 39.8 Å². The van der Waals surface area contributed by atoms with Crippen LogP contribution in [0, 0.1) is 0 Å². The number of carbonyl (C=O) groups excluding carboxylic acids is 1. The molecule has 0 aromatic heterocycles. The summed E-state index contributed by atoms with van der Waals surface area (Å²) in [7, 11) is 0. The molecule has 6 N–H and O–H groups in total. The third-order valence-corrected chi connectivity index (χ3v) is 15.6. The van der Waals surface area contributed by atoms with Crippen LogP contribution in [-0.4, -0.2) is 87.5 Å². The van der Waals surface area contributed by atoms with Crippen LogP contribution in [0.2, 0.25) is 0 Å². The Bertz CT molecular complexity index is 1340. The summed E-state index contributed by atoms with van der Waals surface area (Å²) in [5.41, 5.74) is 0. The second-order valence-electron chi connectivity index (χ2n) is 22.9. The van der Waals surface area contributed by atoms with Gasteiger partial charge in [-0.2, -0.15) is 0 Å². The number of ether oxygens (including phenoxy) is 2. The van der Waals surface area contributed by atoms with E-state index in [0.29, 0.717) is 6.42 Å². The van der Waals surface area contributed by atoms with Crippen LogP contribution in [0.1, 0.15) is 316 Å². The SMILES string of the molecule is CCCC/C=C/CC/C=C/CC/C=C/C(O)C(COC1OC(CO)C(O)C(O)C1O)NC(=O)CCCCCCCCCCCCCCCCCCCCCCCCCCCCCCC/C=C\CCCCCCCCCC. The molecule has 1 fully saturated rings. The molecular formula is C67H125NO8.